The molecule has 0 unspecified atom stereocenters. The molecule has 0 aromatic heterocycles. The molecule has 0 atom stereocenters. The Kier molecular flexibility index (Phi) is 7.57. The van der Waals surface area contributed by atoms with Crippen LogP contribution in [0.1, 0.15) is 51.0 Å². The van der Waals surface area contributed by atoms with Gasteiger partial charge < -0.3 is 15.0 Å². The van der Waals surface area contributed by atoms with Gasteiger partial charge in [0.15, 0.2) is 0 Å². The van der Waals surface area contributed by atoms with Crippen molar-refractivity contribution in [2.75, 3.05) is 38.1 Å². The summed E-state index contributed by atoms with van der Waals surface area (Å²) in [6.07, 6.45) is 3.95. The Balaban J connectivity index is 1.34. The molecule has 3 heterocycles. The molecule has 2 fully saturated rings. The van der Waals surface area contributed by atoms with Crippen LogP contribution in [0.5, 0.6) is 0 Å². The van der Waals surface area contributed by atoms with E-state index in [1.807, 2.05) is 4.90 Å². The van der Waals surface area contributed by atoms with Gasteiger partial charge in [-0.1, -0.05) is 0 Å². The molecule has 2 saturated heterocycles. The molecular weight excluding hydrogens is 458 g/mol. The lowest BCUT2D eigenvalue weighted by Crippen LogP contribution is -2.47. The summed E-state index contributed by atoms with van der Waals surface area (Å²) in [5.74, 6) is -0.530. The van der Waals surface area contributed by atoms with Gasteiger partial charge in [0.25, 0.3) is 0 Å². The SMILES string of the molecule is CCOC(=O)C1CCN(C(=O)C2CCN(S(=O)(=O)c3ccc4c(c3)CCCC(=O)N4)CC2)CC1. The predicted octanol–water partition coefficient (Wildman–Crippen LogP) is 2.16. The molecule has 0 bridgehead atoms. The molecule has 186 valence electrons. The third-order valence-electron chi connectivity index (χ3n) is 7.07. The summed E-state index contributed by atoms with van der Waals surface area (Å²) in [5, 5.41) is 2.83. The number of benzene rings is 1. The third-order valence-corrected chi connectivity index (χ3v) is 8.96. The van der Waals surface area contributed by atoms with Gasteiger partial charge in [-0.15, -0.1) is 0 Å². The van der Waals surface area contributed by atoms with Crippen molar-refractivity contribution in [2.24, 2.45) is 11.8 Å². The van der Waals surface area contributed by atoms with Crippen LogP contribution in [-0.4, -0.2) is 68.2 Å². The van der Waals surface area contributed by atoms with Crippen LogP contribution in [0.25, 0.3) is 0 Å². The van der Waals surface area contributed by atoms with Crippen LogP contribution in [0.4, 0.5) is 5.69 Å². The Morgan fingerprint density at radius 1 is 1.03 bits per heavy atom. The first-order chi connectivity index (χ1) is 16.3. The molecule has 2 amide bonds. The van der Waals surface area contributed by atoms with Gasteiger partial charge in [0.2, 0.25) is 21.8 Å². The standard InChI is InChI=1S/C24H33N3O6S/c1-2-33-24(30)18-8-12-26(13-9-18)23(29)17-10-14-27(15-11-17)34(31,32)20-6-7-21-19(16-20)4-3-5-22(28)25-21/h6-7,16-18H,2-5,8-15H2,1H3,(H,25,28). The minimum atomic E-state index is -3.67. The fraction of sp³-hybridized carbons (Fsp3) is 0.625. The van der Waals surface area contributed by atoms with Gasteiger partial charge in [-0.25, -0.2) is 8.42 Å². The minimum Gasteiger partial charge on any atom is -0.466 e. The molecule has 1 aromatic carbocycles. The summed E-state index contributed by atoms with van der Waals surface area (Å²) in [5.41, 5.74) is 1.51. The normalized spacial score (nSPS) is 20.9. The maximum absolute atomic E-state index is 13.3. The number of likely N-dealkylation sites (tertiary alicyclic amines) is 1. The number of hydrogen-bond donors (Lipinski definition) is 1. The lowest BCUT2D eigenvalue weighted by atomic mass is 9.92. The number of hydrogen-bond acceptors (Lipinski definition) is 6. The van der Waals surface area contributed by atoms with Crippen LogP contribution in [-0.2, 0) is 35.6 Å². The van der Waals surface area contributed by atoms with Gasteiger partial charge >= 0.3 is 5.97 Å². The van der Waals surface area contributed by atoms with Crippen LogP contribution in [0.15, 0.2) is 23.1 Å². The molecule has 4 rings (SSSR count). The van der Waals surface area contributed by atoms with E-state index in [2.05, 4.69) is 5.32 Å². The number of aryl methyl sites for hydroxylation is 1. The minimum absolute atomic E-state index is 0.0498. The Labute approximate surface area is 200 Å². The molecule has 0 spiro atoms. The fourth-order valence-corrected chi connectivity index (χ4v) is 6.58. The van der Waals surface area contributed by atoms with Gasteiger partial charge in [-0.05, 0) is 69.2 Å². The molecule has 0 saturated carbocycles. The van der Waals surface area contributed by atoms with Crippen LogP contribution < -0.4 is 5.32 Å². The number of carbonyl (C=O) groups excluding carboxylic acids is 3. The van der Waals surface area contributed by atoms with Crippen molar-refractivity contribution in [2.45, 2.75) is 56.8 Å². The number of anilines is 1. The highest BCUT2D eigenvalue weighted by Gasteiger charge is 2.36. The molecular formula is C24H33N3O6S. The number of sulfonamides is 1. The zero-order valence-electron chi connectivity index (χ0n) is 19.6. The van der Waals surface area contributed by atoms with Crippen molar-refractivity contribution < 1.29 is 27.5 Å². The summed E-state index contributed by atoms with van der Waals surface area (Å²) in [6.45, 7) is 3.81. The van der Waals surface area contributed by atoms with Crippen LogP contribution in [0, 0.1) is 11.8 Å². The summed E-state index contributed by atoms with van der Waals surface area (Å²) in [7, 11) is -3.67. The largest absolute Gasteiger partial charge is 0.466 e. The fourth-order valence-electron chi connectivity index (χ4n) is 5.06. The van der Waals surface area contributed by atoms with Crippen LogP contribution in [0.3, 0.4) is 0 Å². The number of fused-ring (bicyclic) bond motifs is 1. The zero-order chi connectivity index (χ0) is 24.3. The number of esters is 1. The van der Waals surface area contributed by atoms with E-state index in [9.17, 15) is 22.8 Å². The van der Waals surface area contributed by atoms with Crippen molar-refractivity contribution in [3.8, 4) is 0 Å². The number of ether oxygens (including phenoxy) is 1. The number of amides is 2. The lowest BCUT2D eigenvalue weighted by Gasteiger charge is -2.36. The number of rotatable bonds is 5. The second kappa shape index (κ2) is 10.4. The van der Waals surface area contributed by atoms with Gasteiger partial charge in [0, 0.05) is 44.2 Å². The first kappa shape index (κ1) is 24.7. The number of piperidine rings is 2. The number of carbonyl (C=O) groups is 3. The first-order valence-electron chi connectivity index (χ1n) is 12.2. The molecule has 1 aromatic rings. The lowest BCUT2D eigenvalue weighted by molar-refractivity contribution is -0.152. The number of nitrogens with one attached hydrogen (secondary N) is 1. The quantitative estimate of drug-likeness (QED) is 0.632. The maximum atomic E-state index is 13.3. The second-order valence-electron chi connectivity index (χ2n) is 9.25. The van der Waals surface area contributed by atoms with E-state index in [4.69, 9.17) is 4.74 Å². The molecule has 1 N–H and O–H groups in total. The van der Waals surface area contributed by atoms with Gasteiger partial charge in [-0.3, -0.25) is 14.4 Å². The van der Waals surface area contributed by atoms with E-state index in [1.165, 1.54) is 4.31 Å². The first-order valence-corrected chi connectivity index (χ1v) is 13.6. The Hall–Kier alpha value is -2.46. The van der Waals surface area contributed by atoms with Crippen molar-refractivity contribution >= 4 is 33.5 Å². The monoisotopic (exact) mass is 491 g/mol. The average molecular weight is 492 g/mol. The molecule has 0 radical (unpaired) electrons. The van der Waals surface area contributed by atoms with Gasteiger partial charge in [0.1, 0.15) is 0 Å². The molecule has 0 aliphatic carbocycles. The van der Waals surface area contributed by atoms with Crippen molar-refractivity contribution in [3.63, 3.8) is 0 Å². The van der Waals surface area contributed by atoms with Crippen molar-refractivity contribution in [1.29, 1.82) is 0 Å². The van der Waals surface area contributed by atoms with Gasteiger partial charge in [-0.2, -0.15) is 4.31 Å². The van der Waals surface area contributed by atoms with Crippen molar-refractivity contribution in [1.82, 2.24) is 9.21 Å². The van der Waals surface area contributed by atoms with E-state index in [1.54, 1.807) is 25.1 Å². The molecule has 3 aliphatic rings. The highest BCUT2D eigenvalue weighted by atomic mass is 32.2. The molecule has 9 nitrogen and oxygen atoms in total. The Morgan fingerprint density at radius 3 is 2.38 bits per heavy atom. The smallest absolute Gasteiger partial charge is 0.309 e. The topological polar surface area (TPSA) is 113 Å². The Bertz CT molecular complexity index is 1040. The maximum Gasteiger partial charge on any atom is 0.309 e. The van der Waals surface area contributed by atoms with E-state index < -0.39 is 10.0 Å². The summed E-state index contributed by atoms with van der Waals surface area (Å²) in [4.78, 5) is 38.7. The Morgan fingerprint density at radius 2 is 1.71 bits per heavy atom. The van der Waals surface area contributed by atoms with Crippen molar-refractivity contribution in [3.05, 3.63) is 23.8 Å². The van der Waals surface area contributed by atoms with E-state index in [-0.39, 0.29) is 34.5 Å². The molecule has 3 aliphatic heterocycles. The summed E-state index contributed by atoms with van der Waals surface area (Å²) < 4.78 is 33.1. The third kappa shape index (κ3) is 5.27. The van der Waals surface area contributed by atoms with E-state index >= 15 is 0 Å². The second-order valence-corrected chi connectivity index (χ2v) is 11.2. The predicted molar refractivity (Wildman–Crippen MR) is 125 cm³/mol. The van der Waals surface area contributed by atoms with Gasteiger partial charge in [0.05, 0.1) is 17.4 Å². The molecule has 34 heavy (non-hydrogen) atoms. The zero-order valence-corrected chi connectivity index (χ0v) is 20.4. The summed E-state index contributed by atoms with van der Waals surface area (Å²) in [6, 6.07) is 4.88. The number of nitrogens with zero attached hydrogens (tertiary/aromatic N) is 2. The highest BCUT2D eigenvalue weighted by molar-refractivity contribution is 7.89. The van der Waals surface area contributed by atoms with E-state index in [0.29, 0.717) is 83.4 Å². The summed E-state index contributed by atoms with van der Waals surface area (Å²) >= 11 is 0. The van der Waals surface area contributed by atoms with Crippen LogP contribution >= 0.6 is 0 Å². The molecule has 10 heteroatoms. The van der Waals surface area contributed by atoms with Crippen LogP contribution in [0.2, 0.25) is 0 Å². The average Bonchev–Trinajstić information content (AvgIpc) is 3.03. The highest BCUT2D eigenvalue weighted by Crippen LogP contribution is 2.30. The van der Waals surface area contributed by atoms with E-state index in [0.717, 1.165) is 5.56 Å².